The number of nitrogens with zero attached hydrogens (tertiary/aromatic N) is 2. The molecule has 4 nitrogen and oxygen atoms in total. The highest BCUT2D eigenvalue weighted by atomic mass is 35.5. The predicted molar refractivity (Wildman–Crippen MR) is 113 cm³/mol. The monoisotopic (exact) mass is 434 g/mol. The fraction of sp³-hybridized carbons (Fsp3) is 0.200. The molecule has 0 saturated heterocycles. The normalized spacial score (nSPS) is 16.4. The Balaban J connectivity index is 1.86. The van der Waals surface area contributed by atoms with E-state index in [-0.39, 0.29) is 28.1 Å². The molecule has 28 heavy (non-hydrogen) atoms. The summed E-state index contributed by atoms with van der Waals surface area (Å²) in [6.07, 6.45) is 2.23. The summed E-state index contributed by atoms with van der Waals surface area (Å²) in [5.41, 5.74) is 1.44. The van der Waals surface area contributed by atoms with Crippen LogP contribution in [0.3, 0.4) is 0 Å². The van der Waals surface area contributed by atoms with Crippen LogP contribution in [0.4, 0.5) is 15.9 Å². The van der Waals surface area contributed by atoms with Gasteiger partial charge in [0, 0.05) is 24.3 Å². The highest BCUT2D eigenvalue weighted by Crippen LogP contribution is 2.45. The number of aromatic nitrogens is 1. The number of carbonyl (C=O) groups is 1. The third kappa shape index (κ3) is 3.17. The summed E-state index contributed by atoms with van der Waals surface area (Å²) >= 11 is 8.71. The minimum absolute atomic E-state index is 0.0677. The predicted octanol–water partition coefficient (Wildman–Crippen LogP) is 5.16. The van der Waals surface area contributed by atoms with E-state index in [1.807, 2.05) is 30.5 Å². The van der Waals surface area contributed by atoms with Gasteiger partial charge in [-0.1, -0.05) is 35.1 Å². The molecule has 1 atom stereocenters. The van der Waals surface area contributed by atoms with Crippen molar-refractivity contribution in [1.29, 1.82) is 0 Å². The van der Waals surface area contributed by atoms with Crippen molar-refractivity contribution in [2.45, 2.75) is 17.2 Å². The Morgan fingerprint density at radius 2 is 1.89 bits per heavy atom. The van der Waals surface area contributed by atoms with Gasteiger partial charge >= 0.3 is 4.87 Å². The lowest BCUT2D eigenvalue weighted by Crippen LogP contribution is -2.34. The summed E-state index contributed by atoms with van der Waals surface area (Å²) in [7, 11) is 1.64. The first-order valence-corrected chi connectivity index (χ1v) is 10.9. The molecular formula is C20H16ClFN2O2S2. The van der Waals surface area contributed by atoms with Crippen molar-refractivity contribution in [3.8, 4) is 0 Å². The molecule has 8 heteroatoms. The summed E-state index contributed by atoms with van der Waals surface area (Å²) in [5.74, 6) is -0.388. The lowest BCUT2D eigenvalue weighted by molar-refractivity contribution is -0.118. The van der Waals surface area contributed by atoms with Gasteiger partial charge in [-0.2, -0.15) is 0 Å². The first kappa shape index (κ1) is 19.2. The molecule has 0 N–H and O–H groups in total. The molecule has 0 saturated carbocycles. The molecule has 2 heterocycles. The van der Waals surface area contributed by atoms with Gasteiger partial charge in [0.2, 0.25) is 5.91 Å². The van der Waals surface area contributed by atoms with Crippen LogP contribution in [-0.4, -0.2) is 16.7 Å². The Morgan fingerprint density at radius 1 is 1.18 bits per heavy atom. The Hall–Kier alpha value is -2.09. The lowest BCUT2D eigenvalue weighted by atomic mass is 9.90. The molecule has 0 radical (unpaired) electrons. The number of hydrogen-bond acceptors (Lipinski definition) is 4. The highest BCUT2D eigenvalue weighted by Gasteiger charge is 2.37. The molecule has 0 fully saturated rings. The number of carbonyl (C=O) groups excluding carboxylic acids is 1. The van der Waals surface area contributed by atoms with Crippen LogP contribution in [0.2, 0.25) is 5.02 Å². The second-order valence-electron chi connectivity index (χ2n) is 6.47. The molecule has 1 aliphatic heterocycles. The number of halogens is 2. The highest BCUT2D eigenvalue weighted by molar-refractivity contribution is 7.98. The fourth-order valence-corrected chi connectivity index (χ4v) is 5.10. The van der Waals surface area contributed by atoms with Gasteiger partial charge in [-0.05, 0) is 42.2 Å². The third-order valence-electron chi connectivity index (χ3n) is 4.85. The topological polar surface area (TPSA) is 42.3 Å². The molecule has 0 aliphatic carbocycles. The quantitative estimate of drug-likeness (QED) is 0.534. The standard InChI is InChI=1S/C20H16ClFN2O2S2/c1-23-19-18(28-20(23)26)14(11-3-6-13(27-2)7-4-11)10-17(25)24(19)12-5-8-16(22)15(21)9-12/h3-9,14H,10H2,1-2H3. The summed E-state index contributed by atoms with van der Waals surface area (Å²) in [5, 5.41) is -0.0677. The Labute approximate surface area is 174 Å². The van der Waals surface area contributed by atoms with Gasteiger partial charge in [-0.25, -0.2) is 4.39 Å². The fourth-order valence-electron chi connectivity index (χ4n) is 3.42. The number of thioether (sulfide) groups is 1. The maximum absolute atomic E-state index is 13.6. The van der Waals surface area contributed by atoms with E-state index in [2.05, 4.69) is 0 Å². The average molecular weight is 435 g/mol. The number of fused-ring (bicyclic) bond motifs is 1. The maximum Gasteiger partial charge on any atom is 0.308 e. The van der Waals surface area contributed by atoms with Crippen molar-refractivity contribution in [3.05, 3.63) is 73.4 Å². The molecule has 1 amide bonds. The summed E-state index contributed by atoms with van der Waals surface area (Å²) < 4.78 is 15.1. The van der Waals surface area contributed by atoms with Gasteiger partial charge in [0.25, 0.3) is 0 Å². The van der Waals surface area contributed by atoms with E-state index in [4.69, 9.17) is 11.6 Å². The number of rotatable bonds is 3. The minimum atomic E-state index is -0.555. The molecule has 4 rings (SSSR count). The molecule has 0 bridgehead atoms. The van der Waals surface area contributed by atoms with Crippen molar-refractivity contribution >= 4 is 52.1 Å². The average Bonchev–Trinajstić information content (AvgIpc) is 2.98. The number of hydrogen-bond donors (Lipinski definition) is 0. The van der Waals surface area contributed by atoms with E-state index < -0.39 is 5.82 Å². The number of anilines is 2. The van der Waals surface area contributed by atoms with Gasteiger partial charge in [0.05, 0.1) is 15.6 Å². The zero-order valence-electron chi connectivity index (χ0n) is 15.1. The van der Waals surface area contributed by atoms with Crippen molar-refractivity contribution in [2.24, 2.45) is 7.05 Å². The van der Waals surface area contributed by atoms with E-state index in [9.17, 15) is 14.0 Å². The summed E-state index contributed by atoms with van der Waals surface area (Å²) in [6, 6.07) is 12.2. The molecule has 144 valence electrons. The van der Waals surface area contributed by atoms with Crippen molar-refractivity contribution in [1.82, 2.24) is 4.57 Å². The van der Waals surface area contributed by atoms with Gasteiger partial charge < -0.3 is 0 Å². The largest absolute Gasteiger partial charge is 0.308 e. The van der Waals surface area contributed by atoms with Gasteiger partial charge in [-0.3, -0.25) is 19.1 Å². The number of benzene rings is 2. The number of amides is 1. The van der Waals surface area contributed by atoms with Crippen LogP contribution in [0.25, 0.3) is 0 Å². The van der Waals surface area contributed by atoms with E-state index in [1.54, 1.807) is 18.8 Å². The van der Waals surface area contributed by atoms with Crippen molar-refractivity contribution in [2.75, 3.05) is 11.2 Å². The zero-order chi connectivity index (χ0) is 20.0. The van der Waals surface area contributed by atoms with Gasteiger partial charge in [0.1, 0.15) is 11.6 Å². The lowest BCUT2D eigenvalue weighted by Gasteiger charge is -2.32. The van der Waals surface area contributed by atoms with Crippen LogP contribution in [0.5, 0.6) is 0 Å². The van der Waals surface area contributed by atoms with E-state index >= 15 is 0 Å². The summed E-state index contributed by atoms with van der Waals surface area (Å²) in [4.78, 5) is 28.8. The van der Waals surface area contributed by atoms with Crippen molar-refractivity contribution < 1.29 is 9.18 Å². The smallest absolute Gasteiger partial charge is 0.288 e. The molecule has 1 aromatic heterocycles. The van der Waals surface area contributed by atoms with E-state index in [0.717, 1.165) is 26.7 Å². The minimum Gasteiger partial charge on any atom is -0.288 e. The Bertz CT molecular complexity index is 1120. The first-order valence-electron chi connectivity index (χ1n) is 8.52. The van der Waals surface area contributed by atoms with Crippen LogP contribution in [0.1, 0.15) is 22.8 Å². The Morgan fingerprint density at radius 3 is 2.54 bits per heavy atom. The van der Waals surface area contributed by atoms with Crippen LogP contribution < -0.4 is 9.77 Å². The molecule has 1 unspecified atom stereocenters. The zero-order valence-corrected chi connectivity index (χ0v) is 17.5. The second kappa shape index (κ2) is 7.39. The van der Waals surface area contributed by atoms with Gasteiger partial charge in [0.15, 0.2) is 0 Å². The third-order valence-corrected chi connectivity index (χ3v) is 7.01. The molecule has 3 aromatic rings. The molecule has 0 spiro atoms. The summed E-state index contributed by atoms with van der Waals surface area (Å²) in [6.45, 7) is 0. The van der Waals surface area contributed by atoms with E-state index in [0.29, 0.717) is 11.5 Å². The molecular weight excluding hydrogens is 419 g/mol. The van der Waals surface area contributed by atoms with E-state index in [1.165, 1.54) is 27.7 Å². The van der Waals surface area contributed by atoms with Crippen LogP contribution in [-0.2, 0) is 11.8 Å². The Kier molecular flexibility index (Phi) is 5.07. The number of thiazole rings is 1. The van der Waals surface area contributed by atoms with Crippen LogP contribution in [0, 0.1) is 5.82 Å². The van der Waals surface area contributed by atoms with Crippen molar-refractivity contribution in [3.63, 3.8) is 0 Å². The van der Waals surface area contributed by atoms with Crippen LogP contribution >= 0.6 is 34.7 Å². The molecule has 1 aliphatic rings. The second-order valence-corrected chi connectivity index (χ2v) is 8.75. The SMILES string of the molecule is CSc1ccc(C2CC(=O)N(c3ccc(F)c(Cl)c3)c3c2sc(=O)n3C)cc1. The molecule has 2 aromatic carbocycles. The van der Waals surface area contributed by atoms with Gasteiger partial charge in [-0.15, -0.1) is 11.8 Å². The maximum atomic E-state index is 13.6. The first-order chi connectivity index (χ1) is 13.4. The van der Waals surface area contributed by atoms with Crippen LogP contribution in [0.15, 0.2) is 52.2 Å².